The van der Waals surface area contributed by atoms with E-state index in [0.29, 0.717) is 54.9 Å². The lowest BCUT2D eigenvalue weighted by atomic mass is 10.2. The number of ether oxygens (including phenoxy) is 1. The number of morpholine rings is 1. The van der Waals surface area contributed by atoms with E-state index in [1.807, 2.05) is 4.90 Å². The zero-order valence-corrected chi connectivity index (χ0v) is 18.3. The van der Waals surface area contributed by atoms with Crippen LogP contribution in [0.3, 0.4) is 0 Å². The number of pyridine rings is 1. The van der Waals surface area contributed by atoms with Gasteiger partial charge in [-0.25, -0.2) is 19.3 Å². The van der Waals surface area contributed by atoms with Gasteiger partial charge in [0.25, 0.3) is 0 Å². The first kappa shape index (κ1) is 23.6. The smallest absolute Gasteiger partial charge is 0.378 e. The van der Waals surface area contributed by atoms with Crippen LogP contribution >= 0.6 is 0 Å². The maximum atomic E-state index is 14.1. The van der Waals surface area contributed by atoms with Gasteiger partial charge in [-0.1, -0.05) is 6.07 Å². The zero-order chi connectivity index (χ0) is 24.1. The first-order valence-corrected chi connectivity index (χ1v) is 10.6. The fourth-order valence-corrected chi connectivity index (χ4v) is 3.40. The normalized spacial score (nSPS) is 14.6. The Hall–Kier alpha value is -3.60. The highest BCUT2D eigenvalue weighted by Crippen LogP contribution is 2.31. The summed E-state index contributed by atoms with van der Waals surface area (Å²) in [7, 11) is 0. The van der Waals surface area contributed by atoms with Crippen LogP contribution in [0, 0.1) is 12.7 Å². The van der Waals surface area contributed by atoms with Gasteiger partial charge in [0.2, 0.25) is 0 Å². The molecule has 0 atom stereocenters. The summed E-state index contributed by atoms with van der Waals surface area (Å²) < 4.78 is 58.2. The van der Waals surface area contributed by atoms with Crippen LogP contribution in [0.1, 0.15) is 22.8 Å². The second-order valence-corrected chi connectivity index (χ2v) is 7.60. The van der Waals surface area contributed by atoms with E-state index in [1.165, 1.54) is 6.07 Å². The molecule has 1 aliphatic rings. The van der Waals surface area contributed by atoms with Gasteiger partial charge in [0, 0.05) is 25.0 Å². The van der Waals surface area contributed by atoms with E-state index < -0.39 is 17.6 Å². The van der Waals surface area contributed by atoms with Crippen LogP contribution in [0.2, 0.25) is 0 Å². The molecule has 2 aromatic heterocycles. The number of aryl methyl sites for hydroxylation is 1. The summed E-state index contributed by atoms with van der Waals surface area (Å²) in [4.78, 5) is 18.8. The van der Waals surface area contributed by atoms with Crippen LogP contribution in [-0.2, 0) is 17.5 Å². The molecule has 1 saturated heterocycles. The SMILES string of the molecule is Cc1nc(C=NCc2ncc(F)c(N3CCOCC3)n2)ccc1Nc1cccc(C(F)(F)F)c1. The number of hydrogen-bond donors (Lipinski definition) is 1. The van der Waals surface area contributed by atoms with Crippen molar-refractivity contribution >= 4 is 23.4 Å². The molecule has 0 spiro atoms. The highest BCUT2D eigenvalue weighted by Gasteiger charge is 2.30. The standard InChI is InChI=1S/C23H22F4N6O/c1-15-20(31-17-4-2-3-16(11-17)23(25,26)27)6-5-18(30-15)12-28-14-21-29-13-19(24)22(32-21)33-7-9-34-10-8-33/h2-6,11-13,31H,7-10,14H2,1H3. The van der Waals surface area contributed by atoms with Gasteiger partial charge >= 0.3 is 6.18 Å². The third-order valence-corrected chi connectivity index (χ3v) is 5.12. The summed E-state index contributed by atoms with van der Waals surface area (Å²) >= 11 is 0. The maximum Gasteiger partial charge on any atom is 0.416 e. The molecule has 3 heterocycles. The lowest BCUT2D eigenvalue weighted by Crippen LogP contribution is -2.37. The summed E-state index contributed by atoms with van der Waals surface area (Å²) in [6.45, 7) is 4.02. The first-order chi connectivity index (χ1) is 16.3. The molecule has 0 bridgehead atoms. The van der Waals surface area contributed by atoms with Crippen LogP contribution < -0.4 is 10.2 Å². The molecule has 1 aliphatic heterocycles. The van der Waals surface area contributed by atoms with Gasteiger partial charge in [-0.3, -0.25) is 4.99 Å². The van der Waals surface area contributed by atoms with Crippen molar-refractivity contribution in [2.45, 2.75) is 19.6 Å². The van der Waals surface area contributed by atoms with Crippen molar-refractivity contribution in [1.29, 1.82) is 0 Å². The molecular weight excluding hydrogens is 452 g/mol. The quantitative estimate of drug-likeness (QED) is 0.418. The Morgan fingerprint density at radius 2 is 1.94 bits per heavy atom. The van der Waals surface area contributed by atoms with E-state index in [9.17, 15) is 17.6 Å². The number of halogens is 4. The molecule has 0 saturated carbocycles. The summed E-state index contributed by atoms with van der Waals surface area (Å²) in [5, 5.41) is 2.96. The lowest BCUT2D eigenvalue weighted by molar-refractivity contribution is -0.137. The van der Waals surface area contributed by atoms with Crippen molar-refractivity contribution in [2.24, 2.45) is 4.99 Å². The van der Waals surface area contributed by atoms with Crippen LogP contribution in [0.25, 0.3) is 0 Å². The highest BCUT2D eigenvalue weighted by molar-refractivity contribution is 5.78. The minimum atomic E-state index is -4.41. The lowest BCUT2D eigenvalue weighted by Gasteiger charge is -2.28. The van der Waals surface area contributed by atoms with Gasteiger partial charge in [0.05, 0.1) is 48.6 Å². The molecule has 11 heteroatoms. The predicted molar refractivity (Wildman–Crippen MR) is 120 cm³/mol. The largest absolute Gasteiger partial charge is 0.416 e. The third kappa shape index (κ3) is 5.84. The van der Waals surface area contributed by atoms with Gasteiger partial charge in [0.1, 0.15) is 0 Å². The molecule has 3 aromatic rings. The third-order valence-electron chi connectivity index (χ3n) is 5.12. The number of benzene rings is 1. The number of hydrogen-bond acceptors (Lipinski definition) is 7. The van der Waals surface area contributed by atoms with Crippen molar-refractivity contribution < 1.29 is 22.3 Å². The molecule has 1 aromatic carbocycles. The second-order valence-electron chi connectivity index (χ2n) is 7.60. The molecule has 7 nitrogen and oxygen atoms in total. The minimum absolute atomic E-state index is 0.141. The summed E-state index contributed by atoms with van der Waals surface area (Å²) in [5.74, 6) is 0.122. The maximum absolute atomic E-state index is 14.1. The first-order valence-electron chi connectivity index (χ1n) is 10.6. The molecule has 4 rings (SSSR count). The van der Waals surface area contributed by atoms with Crippen molar-refractivity contribution in [3.05, 3.63) is 71.2 Å². The Labute approximate surface area is 193 Å². The fraction of sp³-hybridized carbons (Fsp3) is 0.304. The second kappa shape index (κ2) is 10.1. The number of nitrogens with zero attached hydrogens (tertiary/aromatic N) is 5. The molecular formula is C23H22F4N6O. The van der Waals surface area contributed by atoms with E-state index in [4.69, 9.17) is 4.74 Å². The average Bonchev–Trinajstić information content (AvgIpc) is 2.82. The van der Waals surface area contributed by atoms with E-state index in [2.05, 4.69) is 25.3 Å². The summed E-state index contributed by atoms with van der Waals surface area (Å²) in [6.07, 6.45) is -1.73. The van der Waals surface area contributed by atoms with E-state index in [1.54, 1.807) is 31.3 Å². The average molecular weight is 474 g/mol. The van der Waals surface area contributed by atoms with Gasteiger partial charge < -0.3 is 15.0 Å². The molecule has 0 amide bonds. The van der Waals surface area contributed by atoms with Crippen molar-refractivity contribution in [1.82, 2.24) is 15.0 Å². The molecule has 0 radical (unpaired) electrons. The molecule has 1 fully saturated rings. The van der Waals surface area contributed by atoms with Gasteiger partial charge in [-0.2, -0.15) is 13.2 Å². The zero-order valence-electron chi connectivity index (χ0n) is 18.3. The van der Waals surface area contributed by atoms with Gasteiger partial charge in [-0.05, 0) is 37.3 Å². The summed E-state index contributed by atoms with van der Waals surface area (Å²) in [5.41, 5.74) is 1.31. The molecule has 0 unspecified atom stereocenters. The van der Waals surface area contributed by atoms with E-state index in [-0.39, 0.29) is 12.4 Å². The Bertz CT molecular complexity index is 1180. The number of nitrogens with one attached hydrogen (secondary N) is 1. The van der Waals surface area contributed by atoms with Crippen molar-refractivity contribution in [2.75, 3.05) is 36.5 Å². The Morgan fingerprint density at radius 3 is 2.68 bits per heavy atom. The number of aliphatic imine (C=N–C) groups is 1. The predicted octanol–water partition coefficient (Wildman–Crippen LogP) is 4.54. The Balaban J connectivity index is 1.41. The highest BCUT2D eigenvalue weighted by atomic mass is 19.4. The molecule has 178 valence electrons. The minimum Gasteiger partial charge on any atom is -0.378 e. The molecule has 34 heavy (non-hydrogen) atoms. The van der Waals surface area contributed by atoms with Crippen LogP contribution in [-0.4, -0.2) is 47.5 Å². The van der Waals surface area contributed by atoms with Crippen molar-refractivity contribution in [3.8, 4) is 0 Å². The van der Waals surface area contributed by atoms with E-state index in [0.717, 1.165) is 18.3 Å². The van der Waals surface area contributed by atoms with Crippen LogP contribution in [0.5, 0.6) is 0 Å². The van der Waals surface area contributed by atoms with Gasteiger partial charge in [0.15, 0.2) is 17.5 Å². The van der Waals surface area contributed by atoms with Gasteiger partial charge in [-0.15, -0.1) is 0 Å². The number of anilines is 3. The number of aromatic nitrogens is 3. The molecule has 1 N–H and O–H groups in total. The van der Waals surface area contributed by atoms with Crippen LogP contribution in [0.4, 0.5) is 34.8 Å². The Morgan fingerprint density at radius 1 is 1.15 bits per heavy atom. The number of alkyl halides is 3. The van der Waals surface area contributed by atoms with Crippen LogP contribution in [0.15, 0.2) is 47.6 Å². The summed E-state index contributed by atoms with van der Waals surface area (Å²) in [6, 6.07) is 8.37. The monoisotopic (exact) mass is 474 g/mol. The Kier molecular flexibility index (Phi) is 7.01. The topological polar surface area (TPSA) is 75.5 Å². The van der Waals surface area contributed by atoms with Crippen molar-refractivity contribution in [3.63, 3.8) is 0 Å². The fourth-order valence-electron chi connectivity index (χ4n) is 3.40. The molecule has 0 aliphatic carbocycles. The number of rotatable bonds is 6. The van der Waals surface area contributed by atoms with E-state index >= 15 is 0 Å².